The Hall–Kier alpha value is -0.920. The number of carbonyl (C=O) groups excluding carboxylic acids is 2. The molecule has 2 nitrogen and oxygen atoms in total. The first-order valence-corrected chi connectivity index (χ1v) is 8.43. The van der Waals surface area contributed by atoms with Gasteiger partial charge in [-0.15, -0.1) is 0 Å². The third-order valence-corrected chi connectivity index (χ3v) is 7.27. The van der Waals surface area contributed by atoms with E-state index in [1.807, 2.05) is 0 Å². The molecule has 4 aliphatic rings. The van der Waals surface area contributed by atoms with Crippen LogP contribution in [0.3, 0.4) is 0 Å². The minimum Gasteiger partial charge on any atom is -0.299 e. The standard InChI is InChI=1S/C19H26O2/c1-18-9-7-13(20)11-12(18)3-4-14-15-5-6-17(21)19(15,2)10-8-16(14)18/h11,14-16H,3-10H2,1-2H3/t14-,15-,16-,18-,19-/m0/s1/i7T,9T/t7?,9?,14-,15-,16-,18-,19-. The predicted molar refractivity (Wildman–Crippen MR) is 81.7 cm³/mol. The Morgan fingerprint density at radius 1 is 1.10 bits per heavy atom. The van der Waals surface area contributed by atoms with Crippen LogP contribution in [-0.4, -0.2) is 11.6 Å². The molecule has 0 spiro atoms. The van der Waals surface area contributed by atoms with Crippen molar-refractivity contribution < 1.29 is 12.3 Å². The van der Waals surface area contributed by atoms with Gasteiger partial charge in [-0.3, -0.25) is 9.59 Å². The Bertz CT molecular complexity index is 612. The van der Waals surface area contributed by atoms with Crippen molar-refractivity contribution in [2.75, 3.05) is 0 Å². The molecule has 2 unspecified atom stereocenters. The second kappa shape index (κ2) is 4.30. The lowest BCUT2D eigenvalue weighted by Gasteiger charge is -2.56. The van der Waals surface area contributed by atoms with Crippen molar-refractivity contribution in [2.24, 2.45) is 28.6 Å². The zero-order valence-electron chi connectivity index (χ0n) is 15.0. The van der Waals surface area contributed by atoms with E-state index in [-0.39, 0.29) is 16.6 Å². The second-order valence-electron chi connectivity index (χ2n) is 8.02. The van der Waals surface area contributed by atoms with Gasteiger partial charge in [-0.1, -0.05) is 19.4 Å². The summed E-state index contributed by atoms with van der Waals surface area (Å²) in [5, 5.41) is 0. The SMILES string of the molecule is [3H]C1C(=O)C=C2CC[C@H]3[C@@H]4CCC(=O)[C@@]4(C)CC[C@@H]3[C@@]2(C)C1[3H]. The predicted octanol–water partition coefficient (Wildman–Crippen LogP) is 4.09. The van der Waals surface area contributed by atoms with Gasteiger partial charge in [0.05, 0.1) is 0 Å². The molecule has 0 bridgehead atoms. The van der Waals surface area contributed by atoms with E-state index in [2.05, 4.69) is 13.8 Å². The summed E-state index contributed by atoms with van der Waals surface area (Å²) in [7, 11) is 0. The van der Waals surface area contributed by atoms with Gasteiger partial charge in [-0.25, -0.2) is 0 Å². The van der Waals surface area contributed by atoms with Crippen LogP contribution in [0.4, 0.5) is 0 Å². The molecule has 0 saturated heterocycles. The third-order valence-electron chi connectivity index (χ3n) is 7.27. The van der Waals surface area contributed by atoms with E-state index in [0.29, 0.717) is 30.0 Å². The maximum Gasteiger partial charge on any atom is 0.155 e. The van der Waals surface area contributed by atoms with Crippen molar-refractivity contribution in [1.82, 2.24) is 0 Å². The highest BCUT2D eigenvalue weighted by Crippen LogP contribution is 2.64. The first-order chi connectivity index (χ1) is 10.8. The summed E-state index contributed by atoms with van der Waals surface area (Å²) in [5.74, 6) is 1.53. The number of rotatable bonds is 0. The number of hydrogen-bond donors (Lipinski definition) is 0. The summed E-state index contributed by atoms with van der Waals surface area (Å²) in [6.07, 6.45) is 5.59. The largest absolute Gasteiger partial charge is 0.299 e. The summed E-state index contributed by atoms with van der Waals surface area (Å²) >= 11 is 0. The van der Waals surface area contributed by atoms with Gasteiger partial charge in [0, 0.05) is 21.0 Å². The molecule has 4 aliphatic carbocycles. The van der Waals surface area contributed by atoms with Crippen LogP contribution in [-0.2, 0) is 9.59 Å². The van der Waals surface area contributed by atoms with E-state index in [1.165, 1.54) is 0 Å². The number of hydrogen-bond acceptors (Lipinski definition) is 2. The lowest BCUT2D eigenvalue weighted by atomic mass is 9.47. The molecule has 3 saturated carbocycles. The minimum absolute atomic E-state index is 0.152. The smallest absolute Gasteiger partial charge is 0.155 e. The maximum absolute atomic E-state index is 12.4. The molecular formula is C19H26O2. The van der Waals surface area contributed by atoms with Crippen LogP contribution in [0.5, 0.6) is 0 Å². The van der Waals surface area contributed by atoms with E-state index in [0.717, 1.165) is 37.7 Å². The average Bonchev–Trinajstić information content (AvgIpc) is 2.83. The molecule has 0 aliphatic heterocycles. The fourth-order valence-corrected chi connectivity index (χ4v) is 5.97. The summed E-state index contributed by atoms with van der Waals surface area (Å²) in [5.41, 5.74) is 0.609. The zero-order chi connectivity index (χ0) is 16.6. The van der Waals surface area contributed by atoms with Crippen LogP contribution >= 0.6 is 0 Å². The number of allylic oxidation sites excluding steroid dienone is 1. The molecule has 4 rings (SSSR count). The molecule has 0 aromatic carbocycles. The number of Topliss-reactive ketones (excluding diaryl/α,β-unsaturated/α-hetero) is 1. The van der Waals surface area contributed by atoms with E-state index < -0.39 is 12.8 Å². The quantitative estimate of drug-likeness (QED) is 0.673. The zero-order valence-corrected chi connectivity index (χ0v) is 13.0. The molecule has 0 radical (unpaired) electrons. The minimum atomic E-state index is -0.943. The molecule has 0 amide bonds. The molecule has 7 atom stereocenters. The summed E-state index contributed by atoms with van der Waals surface area (Å²) in [4.78, 5) is 24.4. The van der Waals surface area contributed by atoms with Gasteiger partial charge in [0.1, 0.15) is 5.78 Å². The molecule has 3 fully saturated rings. The van der Waals surface area contributed by atoms with Crippen molar-refractivity contribution in [2.45, 2.75) is 65.2 Å². The van der Waals surface area contributed by atoms with Crippen LogP contribution < -0.4 is 0 Å². The highest BCUT2D eigenvalue weighted by atomic mass is 16.1. The Labute approximate surface area is 130 Å². The summed E-state index contributed by atoms with van der Waals surface area (Å²) < 4.78 is 16.7. The highest BCUT2D eigenvalue weighted by Gasteiger charge is 2.58. The Morgan fingerprint density at radius 3 is 2.67 bits per heavy atom. The Balaban J connectivity index is 1.75. The maximum atomic E-state index is 12.4. The van der Waals surface area contributed by atoms with E-state index in [9.17, 15) is 9.59 Å². The molecule has 0 heterocycles. The molecular weight excluding hydrogens is 260 g/mol. The van der Waals surface area contributed by atoms with Gasteiger partial charge in [-0.2, -0.15) is 0 Å². The van der Waals surface area contributed by atoms with Gasteiger partial charge in [0.25, 0.3) is 0 Å². The van der Waals surface area contributed by atoms with Gasteiger partial charge in [-0.05, 0) is 67.7 Å². The fourth-order valence-electron chi connectivity index (χ4n) is 5.97. The van der Waals surface area contributed by atoms with Crippen molar-refractivity contribution >= 4 is 11.6 Å². The lowest BCUT2D eigenvalue weighted by molar-refractivity contribution is -0.132. The second-order valence-corrected chi connectivity index (χ2v) is 8.02. The fraction of sp³-hybridized carbons (Fsp3) is 0.789. The van der Waals surface area contributed by atoms with Crippen molar-refractivity contribution in [3.8, 4) is 0 Å². The number of carbonyl (C=O) groups is 2. The van der Waals surface area contributed by atoms with Crippen molar-refractivity contribution in [1.29, 1.82) is 0 Å². The molecule has 0 aromatic heterocycles. The lowest BCUT2D eigenvalue weighted by Crippen LogP contribution is -2.50. The van der Waals surface area contributed by atoms with Crippen LogP contribution in [0.15, 0.2) is 11.6 Å². The molecule has 0 N–H and O–H groups in total. The van der Waals surface area contributed by atoms with Crippen LogP contribution in [0, 0.1) is 28.6 Å². The van der Waals surface area contributed by atoms with E-state index in [1.54, 1.807) is 6.08 Å². The Morgan fingerprint density at radius 2 is 1.86 bits per heavy atom. The summed E-state index contributed by atoms with van der Waals surface area (Å²) in [6, 6.07) is 0. The van der Waals surface area contributed by atoms with E-state index in [4.69, 9.17) is 2.74 Å². The van der Waals surface area contributed by atoms with Crippen LogP contribution in [0.25, 0.3) is 0 Å². The molecule has 114 valence electrons. The van der Waals surface area contributed by atoms with Crippen molar-refractivity contribution in [3.05, 3.63) is 11.6 Å². The topological polar surface area (TPSA) is 34.1 Å². The normalized spacial score (nSPS) is 57.6. The molecule has 2 heteroatoms. The number of ketones is 2. The van der Waals surface area contributed by atoms with E-state index >= 15 is 0 Å². The number of fused-ring (bicyclic) bond motifs is 5. The van der Waals surface area contributed by atoms with Crippen LogP contribution in [0.2, 0.25) is 0 Å². The molecule has 0 aromatic rings. The third kappa shape index (κ3) is 1.71. The monoisotopic (exact) mass is 290 g/mol. The van der Waals surface area contributed by atoms with Gasteiger partial charge in [0.15, 0.2) is 5.78 Å². The van der Waals surface area contributed by atoms with Gasteiger partial charge < -0.3 is 0 Å². The van der Waals surface area contributed by atoms with Crippen molar-refractivity contribution in [3.63, 3.8) is 0 Å². The highest BCUT2D eigenvalue weighted by molar-refractivity contribution is 5.91. The first kappa shape index (κ1) is 11.6. The summed E-state index contributed by atoms with van der Waals surface area (Å²) in [6.45, 7) is 4.29. The van der Waals surface area contributed by atoms with Gasteiger partial charge in [0.2, 0.25) is 0 Å². The molecule has 21 heavy (non-hydrogen) atoms. The first-order valence-electron chi connectivity index (χ1n) is 9.58. The Kier molecular flexibility index (Phi) is 2.38. The average molecular weight is 290 g/mol. The van der Waals surface area contributed by atoms with Crippen LogP contribution in [0.1, 0.15) is 67.9 Å². The van der Waals surface area contributed by atoms with Gasteiger partial charge >= 0.3 is 0 Å².